The number of carbonyl (C=O) groups is 1. The van der Waals surface area contributed by atoms with Gasteiger partial charge in [0.05, 0.1) is 22.9 Å². The van der Waals surface area contributed by atoms with E-state index in [1.165, 1.54) is 36.5 Å². The number of ether oxygens (including phenoxy) is 1. The van der Waals surface area contributed by atoms with Crippen molar-refractivity contribution in [1.29, 1.82) is 0 Å². The number of nitrogens with zero attached hydrogens (tertiary/aromatic N) is 2. The Labute approximate surface area is 215 Å². The van der Waals surface area contributed by atoms with E-state index in [0.717, 1.165) is 21.2 Å². The first-order valence-electron chi connectivity index (χ1n) is 10.7. The molecule has 0 atom stereocenters. The normalized spacial score (nSPS) is 11.6. The second-order valence-electron chi connectivity index (χ2n) is 7.98. The Bertz CT molecular complexity index is 1290. The molecule has 0 aromatic heterocycles. The second kappa shape index (κ2) is 11.6. The van der Waals surface area contributed by atoms with Crippen molar-refractivity contribution in [2.75, 3.05) is 10.8 Å². The van der Waals surface area contributed by atoms with E-state index in [-0.39, 0.29) is 26.7 Å². The fraction of sp³-hybridized carbons (Fsp3) is 0.200. The molecule has 0 saturated carbocycles. The Kier molecular flexibility index (Phi) is 8.77. The standard InChI is InChI=1S/C25H25Cl2N3O4S/c1-17(2)34-23-8-6-19(7-9-23)15-28-29-25(31)16-30(22-13-20(26)12-21(27)14-22)35(32,33)24-10-4-18(3)5-11-24/h4-15,17H,16H2,1-3H3,(H,29,31)/b28-15-. The summed E-state index contributed by atoms with van der Waals surface area (Å²) in [5.41, 5.74) is 4.15. The fourth-order valence-electron chi connectivity index (χ4n) is 3.09. The van der Waals surface area contributed by atoms with Gasteiger partial charge in [0.15, 0.2) is 0 Å². The Morgan fingerprint density at radius 1 is 1.03 bits per heavy atom. The van der Waals surface area contributed by atoms with Crippen LogP contribution in [0.1, 0.15) is 25.0 Å². The molecule has 0 aliphatic heterocycles. The van der Waals surface area contributed by atoms with Gasteiger partial charge < -0.3 is 4.74 Å². The van der Waals surface area contributed by atoms with Gasteiger partial charge in [-0.15, -0.1) is 0 Å². The third-order valence-corrected chi connectivity index (χ3v) is 6.91. The molecule has 0 unspecified atom stereocenters. The molecule has 184 valence electrons. The van der Waals surface area contributed by atoms with E-state index in [1.807, 2.05) is 20.8 Å². The number of rotatable bonds is 9. The summed E-state index contributed by atoms with van der Waals surface area (Å²) in [5.74, 6) is 0.0751. The van der Waals surface area contributed by atoms with E-state index < -0.39 is 22.5 Å². The van der Waals surface area contributed by atoms with E-state index in [2.05, 4.69) is 10.5 Å². The average Bonchev–Trinajstić information content (AvgIpc) is 2.78. The van der Waals surface area contributed by atoms with Gasteiger partial charge in [-0.05, 0) is 80.9 Å². The number of amides is 1. The zero-order valence-corrected chi connectivity index (χ0v) is 21.7. The van der Waals surface area contributed by atoms with Crippen LogP contribution in [-0.4, -0.2) is 33.2 Å². The summed E-state index contributed by atoms with van der Waals surface area (Å²) < 4.78 is 33.4. The first-order chi connectivity index (χ1) is 16.5. The van der Waals surface area contributed by atoms with Gasteiger partial charge in [0, 0.05) is 10.0 Å². The first kappa shape index (κ1) is 26.5. The third kappa shape index (κ3) is 7.45. The topological polar surface area (TPSA) is 88.1 Å². The molecule has 0 aliphatic rings. The molecule has 0 fully saturated rings. The van der Waals surface area contributed by atoms with E-state index >= 15 is 0 Å². The Hall–Kier alpha value is -3.07. The van der Waals surface area contributed by atoms with E-state index in [4.69, 9.17) is 27.9 Å². The number of hydrogen-bond donors (Lipinski definition) is 1. The molecular weight excluding hydrogens is 509 g/mol. The van der Waals surface area contributed by atoms with Crippen LogP contribution in [0.25, 0.3) is 0 Å². The van der Waals surface area contributed by atoms with Crippen LogP contribution in [0.3, 0.4) is 0 Å². The van der Waals surface area contributed by atoms with Gasteiger partial charge in [-0.3, -0.25) is 9.10 Å². The van der Waals surface area contributed by atoms with Gasteiger partial charge in [0.1, 0.15) is 12.3 Å². The van der Waals surface area contributed by atoms with Crippen molar-refractivity contribution < 1.29 is 17.9 Å². The summed E-state index contributed by atoms with van der Waals surface area (Å²) in [4.78, 5) is 12.7. The Balaban J connectivity index is 1.80. The molecule has 3 aromatic rings. The highest BCUT2D eigenvalue weighted by Crippen LogP contribution is 2.29. The van der Waals surface area contributed by atoms with Gasteiger partial charge in [-0.2, -0.15) is 5.10 Å². The predicted octanol–water partition coefficient (Wildman–Crippen LogP) is 5.43. The molecule has 0 radical (unpaired) electrons. The molecule has 1 amide bonds. The van der Waals surface area contributed by atoms with Gasteiger partial charge in [-0.25, -0.2) is 13.8 Å². The van der Waals surface area contributed by atoms with Crippen molar-refractivity contribution in [3.63, 3.8) is 0 Å². The largest absolute Gasteiger partial charge is 0.491 e. The number of halogens is 2. The maximum atomic E-state index is 13.4. The van der Waals surface area contributed by atoms with Crippen LogP contribution < -0.4 is 14.5 Å². The molecule has 0 heterocycles. The summed E-state index contributed by atoms with van der Waals surface area (Å²) in [6.07, 6.45) is 1.51. The van der Waals surface area contributed by atoms with E-state index in [9.17, 15) is 13.2 Å². The third-order valence-electron chi connectivity index (χ3n) is 4.69. The molecule has 0 bridgehead atoms. The van der Waals surface area contributed by atoms with Crippen molar-refractivity contribution in [2.45, 2.75) is 31.8 Å². The lowest BCUT2D eigenvalue weighted by atomic mass is 10.2. The number of anilines is 1. The molecule has 0 aliphatic carbocycles. The number of sulfonamides is 1. The SMILES string of the molecule is Cc1ccc(S(=O)(=O)N(CC(=O)N/N=C\c2ccc(OC(C)C)cc2)c2cc(Cl)cc(Cl)c2)cc1. The average molecular weight is 534 g/mol. The van der Waals surface area contributed by atoms with Gasteiger partial charge >= 0.3 is 0 Å². The van der Waals surface area contributed by atoms with E-state index in [1.54, 1.807) is 36.4 Å². The zero-order valence-electron chi connectivity index (χ0n) is 19.4. The highest BCUT2D eigenvalue weighted by molar-refractivity contribution is 7.92. The fourth-order valence-corrected chi connectivity index (χ4v) is 5.00. The lowest BCUT2D eigenvalue weighted by Gasteiger charge is -2.24. The molecule has 3 aromatic carbocycles. The maximum Gasteiger partial charge on any atom is 0.264 e. The number of benzene rings is 3. The summed E-state index contributed by atoms with van der Waals surface area (Å²) in [6.45, 7) is 5.18. The van der Waals surface area contributed by atoms with E-state index in [0.29, 0.717) is 0 Å². The number of hydrogen-bond acceptors (Lipinski definition) is 5. The maximum absolute atomic E-state index is 13.4. The smallest absolute Gasteiger partial charge is 0.264 e. The zero-order chi connectivity index (χ0) is 25.6. The minimum atomic E-state index is -4.10. The molecule has 10 heteroatoms. The second-order valence-corrected chi connectivity index (χ2v) is 10.7. The van der Waals surface area contributed by atoms with Crippen molar-refractivity contribution >= 4 is 51.0 Å². The van der Waals surface area contributed by atoms with Gasteiger partial charge in [0.25, 0.3) is 15.9 Å². The van der Waals surface area contributed by atoms with Crippen LogP contribution in [0.5, 0.6) is 5.75 Å². The molecule has 3 rings (SSSR count). The quantitative estimate of drug-likeness (QED) is 0.293. The molecule has 7 nitrogen and oxygen atoms in total. The highest BCUT2D eigenvalue weighted by atomic mass is 35.5. The van der Waals surface area contributed by atoms with Gasteiger partial charge in [0.2, 0.25) is 0 Å². The molecule has 0 saturated heterocycles. The summed E-state index contributed by atoms with van der Waals surface area (Å²) in [6, 6.07) is 17.8. The minimum absolute atomic E-state index is 0.0270. The number of hydrazone groups is 1. The Morgan fingerprint density at radius 3 is 2.20 bits per heavy atom. The minimum Gasteiger partial charge on any atom is -0.491 e. The van der Waals surface area contributed by atoms with Crippen LogP contribution in [0.15, 0.2) is 76.7 Å². The highest BCUT2D eigenvalue weighted by Gasteiger charge is 2.27. The van der Waals surface area contributed by atoms with Crippen LogP contribution >= 0.6 is 23.2 Å². The van der Waals surface area contributed by atoms with Crippen LogP contribution in [0.4, 0.5) is 5.69 Å². The first-order valence-corrected chi connectivity index (χ1v) is 12.9. The summed E-state index contributed by atoms with van der Waals surface area (Å²) in [5, 5.41) is 4.41. The molecule has 1 N–H and O–H groups in total. The van der Waals surface area contributed by atoms with Gasteiger partial charge in [-0.1, -0.05) is 40.9 Å². The van der Waals surface area contributed by atoms with Crippen LogP contribution in [-0.2, 0) is 14.8 Å². The van der Waals surface area contributed by atoms with Crippen molar-refractivity contribution in [3.05, 3.63) is 87.9 Å². The number of nitrogens with one attached hydrogen (secondary N) is 1. The Morgan fingerprint density at radius 2 is 1.63 bits per heavy atom. The monoisotopic (exact) mass is 533 g/mol. The van der Waals surface area contributed by atoms with Crippen LogP contribution in [0, 0.1) is 6.92 Å². The molecule has 0 spiro atoms. The molecule has 35 heavy (non-hydrogen) atoms. The van der Waals surface area contributed by atoms with Crippen LogP contribution in [0.2, 0.25) is 10.0 Å². The number of aryl methyl sites for hydroxylation is 1. The van der Waals surface area contributed by atoms with Crippen molar-refractivity contribution in [2.24, 2.45) is 5.10 Å². The number of carbonyl (C=O) groups excluding carboxylic acids is 1. The van der Waals surface area contributed by atoms with Crippen molar-refractivity contribution in [3.8, 4) is 5.75 Å². The summed E-state index contributed by atoms with van der Waals surface area (Å²) in [7, 11) is -4.10. The lowest BCUT2D eigenvalue weighted by Crippen LogP contribution is -2.39. The van der Waals surface area contributed by atoms with Crippen molar-refractivity contribution in [1.82, 2.24) is 5.43 Å². The molecular formula is C25H25Cl2N3O4S. The lowest BCUT2D eigenvalue weighted by molar-refractivity contribution is -0.119. The summed E-state index contributed by atoms with van der Waals surface area (Å²) >= 11 is 12.2. The predicted molar refractivity (Wildman–Crippen MR) is 140 cm³/mol.